The van der Waals surface area contributed by atoms with E-state index >= 15 is 0 Å². The largest absolute Gasteiger partial charge is 0.381 e. The standard InChI is InChI=1S/C12H24N2O/c13-11-1-5-12(14,6-2-11)9-10-3-7-15-8-4-10/h10-11H,1-9,13-14H2. The number of hydrogen-bond donors (Lipinski definition) is 2. The molecule has 3 heteroatoms. The summed E-state index contributed by atoms with van der Waals surface area (Å²) in [4.78, 5) is 0. The Morgan fingerprint density at radius 1 is 1.07 bits per heavy atom. The van der Waals surface area contributed by atoms with Crippen LogP contribution in [0.3, 0.4) is 0 Å². The molecule has 2 fully saturated rings. The predicted octanol–water partition coefficient (Wildman–Crippen LogP) is 1.40. The third-order valence-electron chi connectivity index (χ3n) is 4.06. The summed E-state index contributed by atoms with van der Waals surface area (Å²) in [6, 6.07) is 0.399. The minimum absolute atomic E-state index is 0.0812. The Balaban J connectivity index is 1.81. The molecule has 0 atom stereocenters. The van der Waals surface area contributed by atoms with Gasteiger partial charge in [0.2, 0.25) is 0 Å². The van der Waals surface area contributed by atoms with Crippen LogP contribution in [-0.4, -0.2) is 24.8 Å². The third-order valence-corrected chi connectivity index (χ3v) is 4.06. The first-order chi connectivity index (χ1) is 7.18. The van der Waals surface area contributed by atoms with Crippen LogP contribution in [0.25, 0.3) is 0 Å². The molecule has 0 radical (unpaired) electrons. The highest BCUT2D eigenvalue weighted by molar-refractivity contribution is 4.92. The second-order valence-electron chi connectivity index (χ2n) is 5.46. The zero-order chi connectivity index (χ0) is 10.7. The molecule has 0 bridgehead atoms. The molecule has 15 heavy (non-hydrogen) atoms. The second-order valence-corrected chi connectivity index (χ2v) is 5.46. The molecule has 4 N–H and O–H groups in total. The van der Waals surface area contributed by atoms with Crippen LogP contribution in [0.2, 0.25) is 0 Å². The average Bonchev–Trinajstić information content (AvgIpc) is 2.24. The predicted molar refractivity (Wildman–Crippen MR) is 61.5 cm³/mol. The Labute approximate surface area is 92.5 Å². The van der Waals surface area contributed by atoms with Gasteiger partial charge in [0.15, 0.2) is 0 Å². The molecule has 1 aliphatic carbocycles. The van der Waals surface area contributed by atoms with E-state index in [-0.39, 0.29) is 5.54 Å². The summed E-state index contributed by atoms with van der Waals surface area (Å²) in [7, 11) is 0. The number of nitrogens with two attached hydrogens (primary N) is 2. The Morgan fingerprint density at radius 3 is 2.27 bits per heavy atom. The summed E-state index contributed by atoms with van der Waals surface area (Å²) in [5.74, 6) is 0.790. The van der Waals surface area contributed by atoms with Gasteiger partial charge in [0, 0.05) is 24.8 Å². The van der Waals surface area contributed by atoms with Crippen molar-refractivity contribution in [2.75, 3.05) is 13.2 Å². The normalized spacial score (nSPS) is 39.2. The maximum Gasteiger partial charge on any atom is 0.0468 e. The minimum atomic E-state index is 0.0812. The Hall–Kier alpha value is -0.120. The van der Waals surface area contributed by atoms with Crippen LogP contribution in [0.15, 0.2) is 0 Å². The molecule has 2 aliphatic rings. The van der Waals surface area contributed by atoms with Crippen molar-refractivity contribution in [1.29, 1.82) is 0 Å². The molecule has 0 spiro atoms. The van der Waals surface area contributed by atoms with E-state index in [4.69, 9.17) is 16.2 Å². The highest BCUT2D eigenvalue weighted by Gasteiger charge is 2.33. The van der Waals surface area contributed by atoms with Crippen LogP contribution in [0, 0.1) is 5.92 Å². The van der Waals surface area contributed by atoms with Gasteiger partial charge in [-0.1, -0.05) is 0 Å². The molecular formula is C12H24N2O. The van der Waals surface area contributed by atoms with Crippen molar-refractivity contribution in [2.45, 2.75) is 56.5 Å². The van der Waals surface area contributed by atoms with E-state index in [2.05, 4.69) is 0 Å². The first-order valence-electron chi connectivity index (χ1n) is 6.30. The summed E-state index contributed by atoms with van der Waals surface area (Å²) in [5, 5.41) is 0. The van der Waals surface area contributed by atoms with E-state index in [9.17, 15) is 0 Å². The SMILES string of the molecule is NC1CCC(N)(CC2CCOCC2)CC1. The fraction of sp³-hybridized carbons (Fsp3) is 1.00. The molecule has 0 aromatic heterocycles. The zero-order valence-electron chi connectivity index (χ0n) is 9.58. The Morgan fingerprint density at radius 2 is 1.67 bits per heavy atom. The summed E-state index contributed by atoms with van der Waals surface area (Å²) >= 11 is 0. The molecule has 1 saturated carbocycles. The van der Waals surface area contributed by atoms with E-state index in [1.54, 1.807) is 0 Å². The maximum atomic E-state index is 6.46. The van der Waals surface area contributed by atoms with Crippen LogP contribution in [0.5, 0.6) is 0 Å². The fourth-order valence-electron chi connectivity index (χ4n) is 2.94. The van der Waals surface area contributed by atoms with Crippen LogP contribution in [-0.2, 0) is 4.74 Å². The molecule has 2 rings (SSSR count). The first kappa shape index (κ1) is 11.4. The lowest BCUT2D eigenvalue weighted by atomic mass is 9.74. The molecule has 1 saturated heterocycles. The van der Waals surface area contributed by atoms with Gasteiger partial charge in [0.05, 0.1) is 0 Å². The smallest absolute Gasteiger partial charge is 0.0468 e. The van der Waals surface area contributed by atoms with Crippen molar-refractivity contribution in [1.82, 2.24) is 0 Å². The average molecular weight is 212 g/mol. The summed E-state index contributed by atoms with van der Waals surface area (Å²) in [5.41, 5.74) is 12.5. The van der Waals surface area contributed by atoms with Gasteiger partial charge in [0.1, 0.15) is 0 Å². The monoisotopic (exact) mass is 212 g/mol. The number of hydrogen-bond acceptors (Lipinski definition) is 3. The fourth-order valence-corrected chi connectivity index (χ4v) is 2.94. The van der Waals surface area contributed by atoms with Gasteiger partial charge in [-0.05, 0) is 50.9 Å². The maximum absolute atomic E-state index is 6.46. The molecule has 88 valence electrons. The molecule has 0 amide bonds. The summed E-state index contributed by atoms with van der Waals surface area (Å²) in [6.45, 7) is 1.86. The minimum Gasteiger partial charge on any atom is -0.381 e. The van der Waals surface area contributed by atoms with E-state index < -0.39 is 0 Å². The molecule has 0 unspecified atom stereocenters. The topological polar surface area (TPSA) is 61.3 Å². The molecule has 1 aliphatic heterocycles. The number of rotatable bonds is 2. The van der Waals surface area contributed by atoms with Crippen molar-refractivity contribution in [3.8, 4) is 0 Å². The van der Waals surface area contributed by atoms with Crippen molar-refractivity contribution >= 4 is 0 Å². The summed E-state index contributed by atoms with van der Waals surface area (Å²) < 4.78 is 5.38. The van der Waals surface area contributed by atoms with E-state index in [0.717, 1.165) is 44.8 Å². The van der Waals surface area contributed by atoms with Crippen LogP contribution < -0.4 is 11.5 Å². The van der Waals surface area contributed by atoms with Gasteiger partial charge in [-0.2, -0.15) is 0 Å². The first-order valence-corrected chi connectivity index (χ1v) is 6.30. The van der Waals surface area contributed by atoms with Crippen molar-refractivity contribution in [2.24, 2.45) is 17.4 Å². The van der Waals surface area contributed by atoms with Crippen molar-refractivity contribution in [3.05, 3.63) is 0 Å². The number of ether oxygens (including phenoxy) is 1. The lowest BCUT2D eigenvalue weighted by molar-refractivity contribution is 0.0522. The zero-order valence-corrected chi connectivity index (χ0v) is 9.58. The quantitative estimate of drug-likeness (QED) is 0.727. The summed E-state index contributed by atoms with van der Waals surface area (Å²) in [6.07, 6.45) is 8.04. The van der Waals surface area contributed by atoms with Crippen molar-refractivity contribution < 1.29 is 4.74 Å². The molecule has 1 heterocycles. The van der Waals surface area contributed by atoms with Crippen LogP contribution >= 0.6 is 0 Å². The third kappa shape index (κ3) is 3.16. The van der Waals surface area contributed by atoms with Gasteiger partial charge in [-0.3, -0.25) is 0 Å². The van der Waals surface area contributed by atoms with Crippen molar-refractivity contribution in [3.63, 3.8) is 0 Å². The Kier molecular flexibility index (Phi) is 3.65. The highest BCUT2D eigenvalue weighted by atomic mass is 16.5. The van der Waals surface area contributed by atoms with Crippen LogP contribution in [0.1, 0.15) is 44.9 Å². The Bertz CT molecular complexity index is 194. The van der Waals surface area contributed by atoms with Gasteiger partial charge >= 0.3 is 0 Å². The van der Waals surface area contributed by atoms with E-state index in [1.807, 2.05) is 0 Å². The molecule has 0 aromatic carbocycles. The lowest BCUT2D eigenvalue weighted by Gasteiger charge is -2.39. The van der Waals surface area contributed by atoms with Gasteiger partial charge in [-0.25, -0.2) is 0 Å². The highest BCUT2D eigenvalue weighted by Crippen LogP contribution is 2.33. The molecule has 3 nitrogen and oxygen atoms in total. The van der Waals surface area contributed by atoms with Crippen LogP contribution in [0.4, 0.5) is 0 Å². The lowest BCUT2D eigenvalue weighted by Crippen LogP contribution is -2.47. The molecule has 0 aromatic rings. The second kappa shape index (κ2) is 4.81. The van der Waals surface area contributed by atoms with E-state index in [0.29, 0.717) is 6.04 Å². The van der Waals surface area contributed by atoms with E-state index in [1.165, 1.54) is 19.3 Å². The molecular weight excluding hydrogens is 188 g/mol. The van der Waals surface area contributed by atoms with Gasteiger partial charge in [-0.15, -0.1) is 0 Å². The van der Waals surface area contributed by atoms with Gasteiger partial charge < -0.3 is 16.2 Å². The van der Waals surface area contributed by atoms with Gasteiger partial charge in [0.25, 0.3) is 0 Å².